The van der Waals surface area contributed by atoms with Gasteiger partial charge in [0.25, 0.3) is 0 Å². The molecule has 0 aliphatic heterocycles. The molecule has 1 aliphatic carbocycles. The van der Waals surface area contributed by atoms with Gasteiger partial charge in [0.05, 0.1) is 11.5 Å². The average molecular weight is 274 g/mol. The van der Waals surface area contributed by atoms with E-state index in [-0.39, 0.29) is 0 Å². The van der Waals surface area contributed by atoms with Gasteiger partial charge in [-0.2, -0.15) is 0 Å². The summed E-state index contributed by atoms with van der Waals surface area (Å²) in [6, 6.07) is 0.436. The number of nitrogens with one attached hydrogen (secondary N) is 2. The predicted octanol–water partition coefficient (Wildman–Crippen LogP) is 2.89. The second kappa shape index (κ2) is 5.79. The molecule has 2 aromatic rings. The highest BCUT2D eigenvalue weighted by atomic mass is 16.5. The molecule has 0 aromatic carbocycles. The van der Waals surface area contributed by atoms with Crippen molar-refractivity contribution < 1.29 is 4.74 Å². The molecule has 1 aliphatic rings. The average Bonchev–Trinajstić information content (AvgIpc) is 2.92. The number of aryl methyl sites for hydroxylation is 1. The molecule has 1 saturated carbocycles. The third kappa shape index (κ3) is 2.50. The van der Waals surface area contributed by atoms with E-state index < -0.39 is 0 Å². The number of ether oxygens (including phenoxy) is 1. The van der Waals surface area contributed by atoms with Gasteiger partial charge >= 0.3 is 0 Å². The van der Waals surface area contributed by atoms with Crippen LogP contribution in [0.1, 0.15) is 38.2 Å². The Bertz CT molecular complexity index is 580. The van der Waals surface area contributed by atoms with Gasteiger partial charge in [-0.3, -0.25) is 0 Å². The monoisotopic (exact) mass is 274 g/mol. The van der Waals surface area contributed by atoms with Crippen molar-refractivity contribution in [1.29, 1.82) is 0 Å². The first-order valence-electron chi connectivity index (χ1n) is 7.42. The standard InChI is InChI=1S/C15H22N4O/c1-3-10-8-16-14-13(10)15(18-9-17-14)19-11-5-4-6-12(7-11)20-2/h8-9,11-12H,3-7H2,1-2H3,(H2,16,17,18,19). The Hall–Kier alpha value is -1.62. The second-order valence-electron chi connectivity index (χ2n) is 5.48. The van der Waals surface area contributed by atoms with Crippen LogP contribution in [0.3, 0.4) is 0 Å². The maximum Gasteiger partial charge on any atom is 0.143 e. The summed E-state index contributed by atoms with van der Waals surface area (Å²) in [4.78, 5) is 12.0. The fourth-order valence-corrected chi connectivity index (χ4v) is 3.10. The first kappa shape index (κ1) is 13.4. The lowest BCUT2D eigenvalue weighted by Crippen LogP contribution is -2.31. The zero-order valence-corrected chi connectivity index (χ0v) is 12.1. The van der Waals surface area contributed by atoms with Gasteiger partial charge in [-0.15, -0.1) is 0 Å². The third-order valence-corrected chi connectivity index (χ3v) is 4.23. The lowest BCUT2D eigenvalue weighted by molar-refractivity contribution is 0.0669. The van der Waals surface area contributed by atoms with Crippen molar-refractivity contribution in [3.63, 3.8) is 0 Å². The number of nitrogens with zero attached hydrogens (tertiary/aromatic N) is 2. The number of hydrogen-bond acceptors (Lipinski definition) is 4. The number of hydrogen-bond donors (Lipinski definition) is 2. The number of fused-ring (bicyclic) bond motifs is 1. The molecule has 3 rings (SSSR count). The molecule has 0 bridgehead atoms. The van der Waals surface area contributed by atoms with E-state index in [1.54, 1.807) is 13.4 Å². The van der Waals surface area contributed by atoms with Crippen molar-refractivity contribution in [2.24, 2.45) is 0 Å². The molecular weight excluding hydrogens is 252 g/mol. The summed E-state index contributed by atoms with van der Waals surface area (Å²) in [6.45, 7) is 2.15. The van der Waals surface area contributed by atoms with E-state index in [0.717, 1.165) is 36.1 Å². The number of aromatic nitrogens is 3. The van der Waals surface area contributed by atoms with E-state index in [4.69, 9.17) is 4.74 Å². The summed E-state index contributed by atoms with van der Waals surface area (Å²) in [7, 11) is 1.80. The Morgan fingerprint density at radius 3 is 3.10 bits per heavy atom. The lowest BCUT2D eigenvalue weighted by atomic mass is 9.93. The minimum atomic E-state index is 0.371. The minimum absolute atomic E-state index is 0.371. The van der Waals surface area contributed by atoms with Gasteiger partial charge in [-0.25, -0.2) is 9.97 Å². The van der Waals surface area contributed by atoms with Crippen molar-refractivity contribution in [2.75, 3.05) is 12.4 Å². The van der Waals surface area contributed by atoms with Gasteiger partial charge in [0, 0.05) is 19.3 Å². The van der Waals surface area contributed by atoms with E-state index in [1.165, 1.54) is 18.4 Å². The molecule has 0 amide bonds. The number of rotatable bonds is 4. The van der Waals surface area contributed by atoms with Crippen LogP contribution in [0.25, 0.3) is 11.0 Å². The zero-order chi connectivity index (χ0) is 13.9. The van der Waals surface area contributed by atoms with Gasteiger partial charge < -0.3 is 15.0 Å². The van der Waals surface area contributed by atoms with Gasteiger partial charge in [0.1, 0.15) is 17.8 Å². The lowest BCUT2D eigenvalue weighted by Gasteiger charge is -2.29. The van der Waals surface area contributed by atoms with Crippen LogP contribution in [0.4, 0.5) is 5.82 Å². The van der Waals surface area contributed by atoms with Crippen LogP contribution in [0.5, 0.6) is 0 Å². The van der Waals surface area contributed by atoms with Crippen molar-refractivity contribution in [3.05, 3.63) is 18.1 Å². The molecule has 5 nitrogen and oxygen atoms in total. The molecule has 2 atom stereocenters. The van der Waals surface area contributed by atoms with Crippen LogP contribution < -0.4 is 5.32 Å². The molecule has 108 valence electrons. The Labute approximate surface area is 119 Å². The molecule has 2 N–H and O–H groups in total. The van der Waals surface area contributed by atoms with Crippen molar-refractivity contribution >= 4 is 16.9 Å². The molecule has 0 radical (unpaired) electrons. The highest BCUT2D eigenvalue weighted by Gasteiger charge is 2.23. The molecule has 0 saturated heterocycles. The van der Waals surface area contributed by atoms with Crippen LogP contribution in [0.2, 0.25) is 0 Å². The first-order chi connectivity index (χ1) is 9.81. The smallest absolute Gasteiger partial charge is 0.143 e. The number of aromatic amines is 1. The molecule has 20 heavy (non-hydrogen) atoms. The topological polar surface area (TPSA) is 62.8 Å². The fraction of sp³-hybridized carbons (Fsp3) is 0.600. The van der Waals surface area contributed by atoms with E-state index >= 15 is 0 Å². The van der Waals surface area contributed by atoms with Gasteiger partial charge in [-0.05, 0) is 37.7 Å². The molecular formula is C15H22N4O. The Balaban J connectivity index is 1.85. The Morgan fingerprint density at radius 2 is 2.30 bits per heavy atom. The van der Waals surface area contributed by atoms with E-state index in [9.17, 15) is 0 Å². The number of H-pyrrole nitrogens is 1. The highest BCUT2D eigenvalue weighted by molar-refractivity contribution is 5.90. The Morgan fingerprint density at radius 1 is 1.40 bits per heavy atom. The van der Waals surface area contributed by atoms with Gasteiger partial charge in [-0.1, -0.05) is 6.92 Å². The maximum atomic E-state index is 5.50. The van der Waals surface area contributed by atoms with Gasteiger partial charge in [0.2, 0.25) is 0 Å². The minimum Gasteiger partial charge on any atom is -0.381 e. The fourth-order valence-electron chi connectivity index (χ4n) is 3.10. The number of anilines is 1. The largest absolute Gasteiger partial charge is 0.381 e. The normalized spacial score (nSPS) is 23.1. The summed E-state index contributed by atoms with van der Waals surface area (Å²) in [5, 5.41) is 4.73. The van der Waals surface area contributed by atoms with Crippen molar-refractivity contribution in [2.45, 2.75) is 51.2 Å². The van der Waals surface area contributed by atoms with E-state index in [2.05, 4.69) is 27.2 Å². The first-order valence-corrected chi connectivity index (χ1v) is 7.42. The molecule has 2 unspecified atom stereocenters. The van der Waals surface area contributed by atoms with Gasteiger partial charge in [0.15, 0.2) is 0 Å². The van der Waals surface area contributed by atoms with Crippen molar-refractivity contribution in [3.8, 4) is 0 Å². The third-order valence-electron chi connectivity index (χ3n) is 4.23. The van der Waals surface area contributed by atoms with E-state index in [1.807, 2.05) is 6.20 Å². The molecule has 5 heteroatoms. The van der Waals surface area contributed by atoms with Crippen LogP contribution >= 0.6 is 0 Å². The van der Waals surface area contributed by atoms with E-state index in [0.29, 0.717) is 12.1 Å². The zero-order valence-electron chi connectivity index (χ0n) is 12.1. The molecule has 0 spiro atoms. The second-order valence-corrected chi connectivity index (χ2v) is 5.48. The number of methoxy groups -OCH3 is 1. The quantitative estimate of drug-likeness (QED) is 0.900. The van der Waals surface area contributed by atoms with Crippen molar-refractivity contribution in [1.82, 2.24) is 15.0 Å². The van der Waals surface area contributed by atoms with Crippen LogP contribution in [-0.4, -0.2) is 34.2 Å². The summed E-state index contributed by atoms with van der Waals surface area (Å²) in [5.41, 5.74) is 2.18. The summed E-state index contributed by atoms with van der Waals surface area (Å²) in [5.74, 6) is 0.954. The van der Waals surface area contributed by atoms with Crippen LogP contribution in [-0.2, 0) is 11.2 Å². The predicted molar refractivity (Wildman–Crippen MR) is 79.9 cm³/mol. The molecule has 2 aromatic heterocycles. The van der Waals surface area contributed by atoms with Crippen LogP contribution in [0, 0.1) is 0 Å². The summed E-state index contributed by atoms with van der Waals surface area (Å²) in [6.07, 6.45) is 9.60. The molecule has 1 fully saturated rings. The summed E-state index contributed by atoms with van der Waals surface area (Å²) < 4.78 is 5.50. The SMILES string of the molecule is CCc1c[nH]c2ncnc(NC3CCCC(OC)C3)c12. The molecule has 2 heterocycles. The van der Waals surface area contributed by atoms with Crippen LogP contribution in [0.15, 0.2) is 12.5 Å². The Kier molecular flexibility index (Phi) is 3.87. The highest BCUT2D eigenvalue weighted by Crippen LogP contribution is 2.28. The maximum absolute atomic E-state index is 5.50. The summed E-state index contributed by atoms with van der Waals surface area (Å²) >= 11 is 0.